The van der Waals surface area contributed by atoms with E-state index in [4.69, 9.17) is 21.9 Å². The quantitative estimate of drug-likeness (QED) is 0.149. The zero-order valence-corrected chi connectivity index (χ0v) is 13.3. The fraction of sp³-hybridized carbons (Fsp3) is 0.455. The van der Waals surface area contributed by atoms with Gasteiger partial charge in [0.25, 0.3) is 5.91 Å². The molecule has 2 unspecified atom stereocenters. The van der Waals surface area contributed by atoms with Crippen molar-refractivity contribution in [2.75, 3.05) is 0 Å². The van der Waals surface area contributed by atoms with Gasteiger partial charge in [0.1, 0.15) is 5.37 Å². The molecular formula is C11H9ClN4O6S. The molecule has 0 spiro atoms. The number of nitrogens with zero attached hydrogens (tertiary/aromatic N) is 4. The summed E-state index contributed by atoms with van der Waals surface area (Å²) in [5.41, 5.74) is 5.81. The maximum absolute atomic E-state index is 12.3. The number of amides is 1. The van der Waals surface area contributed by atoms with E-state index >= 15 is 0 Å². The van der Waals surface area contributed by atoms with Crippen LogP contribution in [0.1, 0.15) is 13.8 Å². The first-order valence-electron chi connectivity index (χ1n) is 6.09. The van der Waals surface area contributed by atoms with Gasteiger partial charge >= 0.3 is 11.9 Å². The van der Waals surface area contributed by atoms with Crippen LogP contribution in [-0.4, -0.2) is 49.3 Å². The molecule has 2 aliphatic heterocycles. The summed E-state index contributed by atoms with van der Waals surface area (Å²) in [5.74, 6) is -3.59. The Balaban J connectivity index is 2.60. The van der Waals surface area contributed by atoms with Crippen LogP contribution in [-0.2, 0) is 23.9 Å². The summed E-state index contributed by atoms with van der Waals surface area (Å²) in [6.45, 7) is 2.60. The molecule has 0 aromatic heterocycles. The Morgan fingerprint density at radius 3 is 2.57 bits per heavy atom. The lowest BCUT2D eigenvalue weighted by Gasteiger charge is -2.53. The lowest BCUT2D eigenvalue weighted by atomic mass is 9.88. The fourth-order valence-electron chi connectivity index (χ4n) is 2.34. The van der Waals surface area contributed by atoms with Crippen molar-refractivity contribution < 1.29 is 29.0 Å². The maximum atomic E-state index is 12.3. The minimum atomic E-state index is -2.21. The average Bonchev–Trinajstić information content (AvgIpc) is 2.44. The van der Waals surface area contributed by atoms with Gasteiger partial charge in [0.2, 0.25) is 10.8 Å². The van der Waals surface area contributed by atoms with Gasteiger partial charge < -0.3 is 9.84 Å². The van der Waals surface area contributed by atoms with Gasteiger partial charge in [-0.1, -0.05) is 5.11 Å². The fourth-order valence-corrected chi connectivity index (χ4v) is 4.07. The number of β-lactam (4-membered cyclic amide) rings is 1. The van der Waals surface area contributed by atoms with Crippen LogP contribution in [0.4, 0.5) is 0 Å². The van der Waals surface area contributed by atoms with Gasteiger partial charge in [0, 0.05) is 11.8 Å². The number of hydrogen-bond donors (Lipinski definition) is 1. The molecule has 0 aliphatic carbocycles. The highest BCUT2D eigenvalue weighted by molar-refractivity contribution is 8.01. The number of fused-ring (bicyclic) bond motifs is 1. The average molecular weight is 361 g/mol. The Labute approximate surface area is 138 Å². The van der Waals surface area contributed by atoms with Crippen LogP contribution in [0.2, 0.25) is 0 Å². The van der Waals surface area contributed by atoms with Crippen LogP contribution in [0.5, 0.6) is 0 Å². The van der Waals surface area contributed by atoms with Crippen LogP contribution in [0.25, 0.3) is 10.4 Å². The Hall–Kier alpha value is -2.23. The third-order valence-corrected chi connectivity index (χ3v) is 4.99. The summed E-state index contributed by atoms with van der Waals surface area (Å²) in [4.78, 5) is 49.8. The number of hydrogen-bond acceptors (Lipinski definition) is 7. The molecule has 23 heavy (non-hydrogen) atoms. The summed E-state index contributed by atoms with van der Waals surface area (Å²) in [7, 11) is 0. The second-order valence-electron chi connectivity index (χ2n) is 4.65. The zero-order chi connectivity index (χ0) is 17.5. The van der Waals surface area contributed by atoms with Gasteiger partial charge in [-0.15, -0.1) is 11.8 Å². The summed E-state index contributed by atoms with van der Waals surface area (Å²) in [6, 6.07) is 0. The summed E-state index contributed by atoms with van der Waals surface area (Å²) in [5, 5.41) is 9.52. The first-order valence-corrected chi connectivity index (χ1v) is 7.41. The topological polar surface area (TPSA) is 150 Å². The Morgan fingerprint density at radius 2 is 2.13 bits per heavy atom. The van der Waals surface area contributed by atoms with Crippen LogP contribution in [0, 0.1) is 0 Å². The molecular weight excluding hydrogens is 352 g/mol. The van der Waals surface area contributed by atoms with Gasteiger partial charge in [0.15, 0.2) is 11.5 Å². The van der Waals surface area contributed by atoms with Crippen molar-refractivity contribution in [3.05, 3.63) is 21.9 Å². The lowest BCUT2D eigenvalue weighted by Crippen LogP contribution is -2.75. The van der Waals surface area contributed by atoms with Crippen LogP contribution in [0.15, 0.2) is 16.6 Å². The van der Waals surface area contributed by atoms with E-state index in [1.807, 2.05) is 0 Å². The number of carboxylic acid groups (broad SMARTS) is 1. The third kappa shape index (κ3) is 2.33. The summed E-state index contributed by atoms with van der Waals surface area (Å²) >= 11 is 6.34. The smallest absolute Gasteiger partial charge is 0.356 e. The van der Waals surface area contributed by atoms with Crippen LogP contribution in [0.3, 0.4) is 0 Å². The number of esters is 1. The molecule has 1 saturated heterocycles. The second kappa shape index (κ2) is 5.76. The third-order valence-electron chi connectivity index (χ3n) is 3.27. The molecule has 122 valence electrons. The number of aliphatic carboxylic acids is 1. The molecule has 0 radical (unpaired) electrons. The number of carboxylic acids is 1. The molecule has 2 rings (SSSR count). The number of rotatable bonds is 4. The van der Waals surface area contributed by atoms with E-state index in [1.165, 1.54) is 6.92 Å². The molecule has 0 saturated carbocycles. The maximum Gasteiger partial charge on any atom is 0.356 e. The van der Waals surface area contributed by atoms with Crippen molar-refractivity contribution in [1.29, 1.82) is 0 Å². The lowest BCUT2D eigenvalue weighted by molar-refractivity contribution is -0.158. The van der Waals surface area contributed by atoms with Gasteiger partial charge in [-0.2, -0.15) is 0 Å². The van der Waals surface area contributed by atoms with Crippen molar-refractivity contribution in [3.63, 3.8) is 0 Å². The Kier molecular flexibility index (Phi) is 4.29. The van der Waals surface area contributed by atoms with E-state index < -0.39 is 44.9 Å². The van der Waals surface area contributed by atoms with E-state index in [1.54, 1.807) is 0 Å². The highest BCUT2D eigenvalue weighted by Gasteiger charge is 2.69. The minimum Gasteiger partial charge on any atom is -0.476 e. The largest absolute Gasteiger partial charge is 0.476 e. The van der Waals surface area contributed by atoms with E-state index in [2.05, 4.69) is 10.0 Å². The van der Waals surface area contributed by atoms with Crippen molar-refractivity contribution >= 4 is 46.5 Å². The monoisotopic (exact) mass is 360 g/mol. The van der Waals surface area contributed by atoms with E-state index in [0.29, 0.717) is 0 Å². The SMILES string of the molecule is CC(=O)OC1=C(C(=O)O)N2C(=O)C(N=[N+]=[N-])(C(=O)Cl)[C@H]2SC1C. The molecule has 0 aromatic carbocycles. The highest BCUT2D eigenvalue weighted by atomic mass is 35.5. The molecule has 2 aliphatic rings. The number of ether oxygens (including phenoxy) is 1. The molecule has 1 fully saturated rings. The highest BCUT2D eigenvalue weighted by Crippen LogP contribution is 2.51. The van der Waals surface area contributed by atoms with E-state index in [9.17, 15) is 24.3 Å². The minimum absolute atomic E-state index is 0.226. The molecule has 2 heterocycles. The van der Waals surface area contributed by atoms with Crippen molar-refractivity contribution in [1.82, 2.24) is 4.90 Å². The van der Waals surface area contributed by atoms with E-state index in [-0.39, 0.29) is 5.76 Å². The molecule has 10 nitrogen and oxygen atoms in total. The van der Waals surface area contributed by atoms with Gasteiger partial charge in [-0.3, -0.25) is 19.3 Å². The second-order valence-corrected chi connectivity index (χ2v) is 6.42. The molecule has 12 heteroatoms. The Morgan fingerprint density at radius 1 is 1.52 bits per heavy atom. The number of halogens is 1. The normalized spacial score (nSPS) is 29.2. The molecule has 0 aromatic rings. The number of carbonyl (C=O) groups excluding carboxylic acids is 3. The molecule has 1 amide bonds. The van der Waals surface area contributed by atoms with Gasteiger partial charge in [-0.05, 0) is 24.1 Å². The number of thioether (sulfide) groups is 1. The standard InChI is InChI=1S/C11H9ClN4O6S/c1-3-6(22-4(2)17)5(7(18)19)16-9(21)11(8(12)20,14-15-13)10(16)23-3/h3,10H,1-2H3,(H,18,19)/t3?,10-,11?/m1/s1. The predicted molar refractivity (Wildman–Crippen MR) is 76.9 cm³/mol. The Bertz CT molecular complexity index is 713. The van der Waals surface area contributed by atoms with Gasteiger partial charge in [-0.25, -0.2) is 4.79 Å². The first kappa shape index (κ1) is 17.1. The molecule has 0 bridgehead atoms. The molecule has 1 N–H and O–H groups in total. The van der Waals surface area contributed by atoms with Crippen LogP contribution >= 0.6 is 23.4 Å². The summed E-state index contributed by atoms with van der Waals surface area (Å²) in [6.07, 6.45) is 0. The predicted octanol–water partition coefficient (Wildman–Crippen LogP) is 0.964. The van der Waals surface area contributed by atoms with Gasteiger partial charge in [0.05, 0.1) is 5.25 Å². The number of carbonyl (C=O) groups is 4. The summed E-state index contributed by atoms with van der Waals surface area (Å²) < 4.78 is 4.89. The van der Waals surface area contributed by atoms with Crippen molar-refractivity contribution in [3.8, 4) is 0 Å². The molecule has 3 atom stereocenters. The first-order chi connectivity index (χ1) is 10.7. The zero-order valence-electron chi connectivity index (χ0n) is 11.7. The van der Waals surface area contributed by atoms with Crippen molar-refractivity contribution in [2.24, 2.45) is 5.11 Å². The number of azide groups is 1. The van der Waals surface area contributed by atoms with Crippen LogP contribution < -0.4 is 0 Å². The van der Waals surface area contributed by atoms with Crippen molar-refractivity contribution in [2.45, 2.75) is 30.0 Å². The van der Waals surface area contributed by atoms with E-state index in [0.717, 1.165) is 23.6 Å².